The number of aromatic nitrogens is 4. The Bertz CT molecular complexity index is 1660. The summed E-state index contributed by atoms with van der Waals surface area (Å²) in [6.07, 6.45) is 3.68. The van der Waals surface area contributed by atoms with Gasteiger partial charge in [-0.3, -0.25) is 9.97 Å². The van der Waals surface area contributed by atoms with Gasteiger partial charge in [-0.1, -0.05) is 24.3 Å². The van der Waals surface area contributed by atoms with E-state index in [1.165, 1.54) is 0 Å². The molecule has 3 heterocycles. The molecule has 0 saturated heterocycles. The first-order valence-corrected chi connectivity index (χ1v) is 12.8. The second kappa shape index (κ2) is 9.64. The van der Waals surface area contributed by atoms with Gasteiger partial charge in [0.25, 0.3) is 0 Å². The highest BCUT2D eigenvalue weighted by Gasteiger charge is 2.19. The predicted molar refractivity (Wildman–Crippen MR) is 156 cm³/mol. The zero-order valence-electron chi connectivity index (χ0n) is 22.0. The normalized spacial score (nSPS) is 11.2. The van der Waals surface area contributed by atoms with E-state index in [9.17, 15) is 0 Å². The molecule has 0 unspecified atom stereocenters. The highest BCUT2D eigenvalue weighted by molar-refractivity contribution is 5.89. The summed E-state index contributed by atoms with van der Waals surface area (Å²) in [6, 6.07) is 29.0. The second-order valence-electron chi connectivity index (χ2n) is 9.80. The van der Waals surface area contributed by atoms with Gasteiger partial charge in [0.1, 0.15) is 0 Å². The Morgan fingerprint density at radius 3 is 1.18 bits per heavy atom. The van der Waals surface area contributed by atoms with E-state index in [-0.39, 0.29) is 0 Å². The van der Waals surface area contributed by atoms with Gasteiger partial charge in [0.15, 0.2) is 0 Å². The first kappa shape index (κ1) is 23.7. The van der Waals surface area contributed by atoms with Gasteiger partial charge in [-0.15, -0.1) is 0 Å². The van der Waals surface area contributed by atoms with Crippen molar-refractivity contribution in [2.24, 2.45) is 0 Å². The zero-order valence-corrected chi connectivity index (χ0v) is 22.0. The number of para-hydroxylation sites is 2. The summed E-state index contributed by atoms with van der Waals surface area (Å²) in [5, 5.41) is 0. The molecule has 0 aliphatic rings. The monoisotopic (exact) mass is 492 g/mol. The van der Waals surface area contributed by atoms with Crippen molar-refractivity contribution in [3.05, 3.63) is 120 Å². The van der Waals surface area contributed by atoms with Gasteiger partial charge in [0, 0.05) is 34.6 Å². The van der Waals surface area contributed by atoms with Gasteiger partial charge < -0.3 is 0 Å². The molecule has 4 heteroatoms. The number of fused-ring (bicyclic) bond motifs is 1. The van der Waals surface area contributed by atoms with E-state index in [4.69, 9.17) is 9.97 Å². The van der Waals surface area contributed by atoms with Crippen molar-refractivity contribution < 1.29 is 0 Å². The average Bonchev–Trinajstić information content (AvgIpc) is 2.95. The highest BCUT2D eigenvalue weighted by atomic mass is 14.8. The second-order valence-corrected chi connectivity index (χ2v) is 9.80. The van der Waals surface area contributed by atoms with Crippen LogP contribution in [0.3, 0.4) is 0 Å². The van der Waals surface area contributed by atoms with Crippen LogP contribution >= 0.6 is 0 Å². The maximum atomic E-state index is 5.19. The molecule has 0 N–H and O–H groups in total. The minimum Gasteiger partial charge on any atom is -0.256 e. The van der Waals surface area contributed by atoms with Crippen molar-refractivity contribution in [2.45, 2.75) is 27.7 Å². The SMILES string of the molecule is Cc1cc(-c2nc3ccccc3nc2-c2cc(C)c(-c3ccccn3)cc2C)c(C)cc1-c1ccccn1. The molecule has 0 spiro atoms. The minimum absolute atomic E-state index is 0.886. The maximum absolute atomic E-state index is 5.19. The van der Waals surface area contributed by atoms with E-state index in [2.05, 4.69) is 74.1 Å². The first-order chi connectivity index (χ1) is 18.5. The maximum Gasteiger partial charge on any atom is 0.0975 e. The molecule has 0 aliphatic heterocycles. The van der Waals surface area contributed by atoms with Crippen LogP contribution in [0.25, 0.3) is 56.1 Å². The Labute approximate surface area is 223 Å². The summed E-state index contributed by atoms with van der Waals surface area (Å²) < 4.78 is 0. The standard InChI is InChI=1S/C34H28N4/c1-21-19-27(23(3)17-25(21)29-11-7-9-15-35-29)33-34(38-32-14-6-5-13-31(32)37-33)28-20-22(2)26(18-24(28)4)30-12-8-10-16-36-30/h5-20H,1-4H3. The number of pyridine rings is 2. The lowest BCUT2D eigenvalue weighted by atomic mass is 9.91. The van der Waals surface area contributed by atoms with Crippen molar-refractivity contribution in [3.63, 3.8) is 0 Å². The van der Waals surface area contributed by atoms with E-state index in [0.717, 1.165) is 78.3 Å². The van der Waals surface area contributed by atoms with E-state index in [1.54, 1.807) is 0 Å². The summed E-state index contributed by atoms with van der Waals surface area (Å²) in [5.74, 6) is 0. The van der Waals surface area contributed by atoms with Crippen LogP contribution in [-0.2, 0) is 0 Å². The molecular weight excluding hydrogens is 464 g/mol. The van der Waals surface area contributed by atoms with Crippen LogP contribution in [0.4, 0.5) is 0 Å². The van der Waals surface area contributed by atoms with E-state index < -0.39 is 0 Å². The third-order valence-electron chi connectivity index (χ3n) is 7.11. The summed E-state index contributed by atoms with van der Waals surface area (Å²) in [5.41, 5.74) is 14.5. The molecular formula is C34H28N4. The molecule has 0 radical (unpaired) electrons. The van der Waals surface area contributed by atoms with Gasteiger partial charge in [0.05, 0.1) is 33.8 Å². The summed E-state index contributed by atoms with van der Waals surface area (Å²) in [7, 11) is 0. The van der Waals surface area contributed by atoms with Gasteiger partial charge in [-0.05, 0) is 111 Å². The zero-order chi connectivity index (χ0) is 26.2. The first-order valence-electron chi connectivity index (χ1n) is 12.8. The minimum atomic E-state index is 0.886. The molecule has 0 aliphatic carbocycles. The average molecular weight is 493 g/mol. The third-order valence-corrected chi connectivity index (χ3v) is 7.11. The van der Waals surface area contributed by atoms with Crippen LogP contribution in [0.5, 0.6) is 0 Å². The van der Waals surface area contributed by atoms with Gasteiger partial charge in [0.2, 0.25) is 0 Å². The smallest absolute Gasteiger partial charge is 0.0975 e. The van der Waals surface area contributed by atoms with Crippen molar-refractivity contribution in [2.75, 3.05) is 0 Å². The third kappa shape index (κ3) is 4.24. The molecule has 3 aromatic carbocycles. The highest BCUT2D eigenvalue weighted by Crippen LogP contribution is 2.38. The molecule has 0 saturated carbocycles. The number of hydrogen-bond acceptors (Lipinski definition) is 4. The van der Waals surface area contributed by atoms with Crippen molar-refractivity contribution in [3.8, 4) is 45.0 Å². The van der Waals surface area contributed by atoms with Crippen LogP contribution < -0.4 is 0 Å². The number of nitrogens with zero attached hydrogens (tertiary/aromatic N) is 4. The van der Waals surface area contributed by atoms with E-state index in [1.807, 2.05) is 60.9 Å². The Morgan fingerprint density at radius 2 is 0.789 bits per heavy atom. The van der Waals surface area contributed by atoms with Crippen LogP contribution in [-0.4, -0.2) is 19.9 Å². The fraction of sp³-hybridized carbons (Fsp3) is 0.118. The fourth-order valence-electron chi connectivity index (χ4n) is 5.11. The Hall–Kier alpha value is -4.70. The molecule has 184 valence electrons. The molecule has 0 amide bonds. The Morgan fingerprint density at radius 1 is 0.421 bits per heavy atom. The lowest BCUT2D eigenvalue weighted by Gasteiger charge is -2.17. The molecule has 0 bridgehead atoms. The number of hydrogen-bond donors (Lipinski definition) is 0. The predicted octanol–water partition coefficient (Wildman–Crippen LogP) is 8.32. The van der Waals surface area contributed by atoms with Crippen LogP contribution in [0, 0.1) is 27.7 Å². The number of benzene rings is 3. The summed E-state index contributed by atoms with van der Waals surface area (Å²) >= 11 is 0. The lowest BCUT2D eigenvalue weighted by Crippen LogP contribution is -2.00. The Balaban J connectivity index is 1.58. The molecule has 6 rings (SSSR count). The molecule has 0 fully saturated rings. The van der Waals surface area contributed by atoms with E-state index in [0.29, 0.717) is 0 Å². The largest absolute Gasteiger partial charge is 0.256 e. The molecule has 0 atom stereocenters. The van der Waals surface area contributed by atoms with Crippen LogP contribution in [0.2, 0.25) is 0 Å². The van der Waals surface area contributed by atoms with E-state index >= 15 is 0 Å². The summed E-state index contributed by atoms with van der Waals surface area (Å²) in [6.45, 7) is 8.56. The fourth-order valence-corrected chi connectivity index (χ4v) is 5.11. The lowest BCUT2D eigenvalue weighted by molar-refractivity contribution is 1.24. The van der Waals surface area contributed by atoms with Gasteiger partial charge in [-0.2, -0.15) is 0 Å². The van der Waals surface area contributed by atoms with Crippen LogP contribution in [0.1, 0.15) is 22.3 Å². The van der Waals surface area contributed by atoms with Gasteiger partial charge in [-0.25, -0.2) is 9.97 Å². The molecule has 4 nitrogen and oxygen atoms in total. The molecule has 38 heavy (non-hydrogen) atoms. The quantitative estimate of drug-likeness (QED) is 0.248. The topological polar surface area (TPSA) is 51.6 Å². The molecule has 3 aromatic heterocycles. The number of rotatable bonds is 4. The summed E-state index contributed by atoms with van der Waals surface area (Å²) in [4.78, 5) is 19.5. The number of aryl methyl sites for hydroxylation is 4. The van der Waals surface area contributed by atoms with Crippen molar-refractivity contribution >= 4 is 11.0 Å². The van der Waals surface area contributed by atoms with Crippen LogP contribution in [0.15, 0.2) is 97.3 Å². The van der Waals surface area contributed by atoms with Crippen molar-refractivity contribution in [1.29, 1.82) is 0 Å². The van der Waals surface area contributed by atoms with Crippen molar-refractivity contribution in [1.82, 2.24) is 19.9 Å². The Kier molecular flexibility index (Phi) is 6.01. The molecule has 6 aromatic rings. The van der Waals surface area contributed by atoms with Gasteiger partial charge >= 0.3 is 0 Å².